The number of nitrogens with one attached hydrogen (secondary N) is 1. The average Bonchev–Trinajstić information content (AvgIpc) is 3.25. The molecule has 1 amide bonds. The number of fused-ring (bicyclic) bond motifs is 1. The number of amides is 1. The Kier molecular flexibility index (Phi) is 3.36. The lowest BCUT2D eigenvalue weighted by molar-refractivity contribution is 0.101. The third kappa shape index (κ3) is 2.72. The fraction of sp³-hybridized carbons (Fsp3) is 0. The molecule has 0 aliphatic heterocycles. The molecule has 0 aliphatic rings. The highest BCUT2D eigenvalue weighted by atomic mass is 32.1. The molecule has 0 spiro atoms. The molecule has 1 N–H and O–H groups in total. The molecule has 0 fully saturated rings. The number of aromatic nitrogens is 2. The second-order valence-electron chi connectivity index (χ2n) is 4.93. The van der Waals surface area contributed by atoms with Crippen molar-refractivity contribution in [2.45, 2.75) is 0 Å². The second-order valence-corrected chi connectivity index (χ2v) is 5.71. The first-order valence-electron chi connectivity index (χ1n) is 6.96. The quantitative estimate of drug-likeness (QED) is 0.614. The van der Waals surface area contributed by atoms with Crippen LogP contribution in [0.5, 0.6) is 0 Å². The predicted molar refractivity (Wildman–Crippen MR) is 89.5 cm³/mol. The molecule has 0 atom stereocenters. The van der Waals surface area contributed by atoms with Gasteiger partial charge in [-0.2, -0.15) is 11.3 Å². The van der Waals surface area contributed by atoms with Crippen molar-refractivity contribution in [2.24, 2.45) is 0 Å². The van der Waals surface area contributed by atoms with E-state index in [2.05, 4.69) is 15.5 Å². The summed E-state index contributed by atoms with van der Waals surface area (Å²) < 4.78 is 5.16. The van der Waals surface area contributed by atoms with Gasteiger partial charge in [-0.15, -0.1) is 0 Å². The molecule has 23 heavy (non-hydrogen) atoms. The van der Waals surface area contributed by atoms with Crippen LogP contribution in [-0.4, -0.2) is 16.0 Å². The Morgan fingerprint density at radius 3 is 2.91 bits per heavy atom. The molecule has 112 valence electrons. The molecule has 0 radical (unpaired) electrons. The van der Waals surface area contributed by atoms with Gasteiger partial charge in [0.2, 0.25) is 5.88 Å². The number of benzene rings is 1. The van der Waals surface area contributed by atoms with Crippen molar-refractivity contribution in [1.82, 2.24) is 10.1 Å². The molecule has 4 rings (SSSR count). The van der Waals surface area contributed by atoms with Crippen LogP contribution in [0.3, 0.4) is 0 Å². The van der Waals surface area contributed by atoms with Crippen LogP contribution in [0.25, 0.3) is 22.2 Å². The number of nitrogens with zero attached hydrogens (tertiary/aromatic N) is 2. The normalized spacial score (nSPS) is 10.8. The molecule has 0 aliphatic carbocycles. The van der Waals surface area contributed by atoms with Crippen LogP contribution in [0.2, 0.25) is 0 Å². The molecule has 5 nitrogen and oxygen atoms in total. The summed E-state index contributed by atoms with van der Waals surface area (Å²) in [6.07, 6.45) is 0. The third-order valence-corrected chi connectivity index (χ3v) is 4.08. The summed E-state index contributed by atoms with van der Waals surface area (Å²) >= 11 is 1.58. The Morgan fingerprint density at radius 1 is 1.13 bits per heavy atom. The molecular weight excluding hydrogens is 310 g/mol. The van der Waals surface area contributed by atoms with Gasteiger partial charge in [0.15, 0.2) is 0 Å². The van der Waals surface area contributed by atoms with E-state index in [4.69, 9.17) is 4.52 Å². The minimum Gasteiger partial charge on any atom is -0.338 e. The maximum Gasteiger partial charge on any atom is 0.276 e. The summed E-state index contributed by atoms with van der Waals surface area (Å²) in [5.41, 5.74) is 2.75. The monoisotopic (exact) mass is 321 g/mol. The lowest BCUT2D eigenvalue weighted by atomic mass is 10.2. The van der Waals surface area contributed by atoms with Crippen molar-refractivity contribution in [2.75, 3.05) is 5.32 Å². The van der Waals surface area contributed by atoms with E-state index >= 15 is 0 Å². The van der Waals surface area contributed by atoms with Gasteiger partial charge in [0.05, 0.1) is 5.52 Å². The predicted octanol–water partition coefficient (Wildman–Crippen LogP) is 4.20. The number of rotatable bonds is 3. The summed E-state index contributed by atoms with van der Waals surface area (Å²) in [7, 11) is 0. The number of hydrogen-bond donors (Lipinski definition) is 1. The van der Waals surface area contributed by atoms with E-state index < -0.39 is 0 Å². The van der Waals surface area contributed by atoms with Crippen LogP contribution < -0.4 is 5.32 Å². The Balaban J connectivity index is 1.57. The molecule has 0 saturated carbocycles. The minimum atomic E-state index is -0.330. The van der Waals surface area contributed by atoms with E-state index in [-0.39, 0.29) is 5.91 Å². The highest BCUT2D eigenvalue weighted by Crippen LogP contribution is 2.24. The topological polar surface area (TPSA) is 68.0 Å². The zero-order valence-electron chi connectivity index (χ0n) is 11.9. The van der Waals surface area contributed by atoms with E-state index in [1.54, 1.807) is 23.5 Å². The van der Waals surface area contributed by atoms with Gasteiger partial charge in [-0.25, -0.2) is 4.98 Å². The fourth-order valence-corrected chi connectivity index (χ4v) is 2.90. The summed E-state index contributed by atoms with van der Waals surface area (Å²) in [4.78, 5) is 16.6. The number of thiophene rings is 1. The first-order valence-corrected chi connectivity index (χ1v) is 7.90. The third-order valence-electron chi connectivity index (χ3n) is 3.39. The van der Waals surface area contributed by atoms with Crippen LogP contribution in [0.4, 0.5) is 5.88 Å². The van der Waals surface area contributed by atoms with Crippen molar-refractivity contribution >= 4 is 34.0 Å². The molecule has 0 bridgehead atoms. The number of pyridine rings is 1. The van der Waals surface area contributed by atoms with Gasteiger partial charge in [0, 0.05) is 22.4 Å². The molecule has 3 aromatic heterocycles. The Bertz CT molecular complexity index is 976. The lowest BCUT2D eigenvalue weighted by Gasteiger charge is -2.02. The second kappa shape index (κ2) is 5.66. The van der Waals surface area contributed by atoms with Gasteiger partial charge in [0.1, 0.15) is 11.4 Å². The fourth-order valence-electron chi connectivity index (χ4n) is 2.25. The van der Waals surface area contributed by atoms with Crippen molar-refractivity contribution in [1.29, 1.82) is 0 Å². The van der Waals surface area contributed by atoms with E-state index in [1.165, 1.54) is 0 Å². The number of anilines is 1. The first kappa shape index (κ1) is 13.7. The molecule has 0 saturated heterocycles. The Hall–Kier alpha value is -2.99. The lowest BCUT2D eigenvalue weighted by Crippen LogP contribution is -2.13. The van der Waals surface area contributed by atoms with Gasteiger partial charge in [-0.1, -0.05) is 29.4 Å². The minimum absolute atomic E-state index is 0.297. The van der Waals surface area contributed by atoms with E-state index in [1.807, 2.05) is 47.2 Å². The van der Waals surface area contributed by atoms with Crippen LogP contribution in [0.1, 0.15) is 10.5 Å². The van der Waals surface area contributed by atoms with Crippen molar-refractivity contribution in [3.05, 3.63) is 65.0 Å². The molecular formula is C17H11N3O2S. The SMILES string of the molecule is O=C(Nc1cc(-c2ccsc2)no1)c1ccc2ccccc2n1. The summed E-state index contributed by atoms with van der Waals surface area (Å²) in [5.74, 6) is -0.0325. The molecule has 6 heteroatoms. The maximum absolute atomic E-state index is 12.3. The van der Waals surface area contributed by atoms with Gasteiger partial charge in [0.25, 0.3) is 5.91 Å². The van der Waals surface area contributed by atoms with Crippen LogP contribution in [-0.2, 0) is 0 Å². The van der Waals surface area contributed by atoms with E-state index in [0.29, 0.717) is 17.3 Å². The number of para-hydroxylation sites is 1. The molecule has 1 aromatic carbocycles. The van der Waals surface area contributed by atoms with Crippen molar-refractivity contribution in [3.63, 3.8) is 0 Å². The zero-order chi connectivity index (χ0) is 15.6. The highest BCUT2D eigenvalue weighted by molar-refractivity contribution is 7.08. The van der Waals surface area contributed by atoms with Gasteiger partial charge < -0.3 is 4.52 Å². The number of carbonyl (C=O) groups is 1. The summed E-state index contributed by atoms with van der Waals surface area (Å²) in [6.45, 7) is 0. The zero-order valence-corrected chi connectivity index (χ0v) is 12.7. The van der Waals surface area contributed by atoms with Gasteiger partial charge in [-0.3, -0.25) is 10.1 Å². The Labute approximate surface area is 135 Å². The highest BCUT2D eigenvalue weighted by Gasteiger charge is 2.13. The van der Waals surface area contributed by atoms with Gasteiger partial charge in [-0.05, 0) is 23.6 Å². The summed E-state index contributed by atoms with van der Waals surface area (Å²) in [6, 6.07) is 14.8. The number of carbonyl (C=O) groups excluding carboxylic acids is 1. The first-order chi connectivity index (χ1) is 11.3. The van der Waals surface area contributed by atoms with Crippen LogP contribution in [0.15, 0.2) is 63.8 Å². The molecule has 4 aromatic rings. The van der Waals surface area contributed by atoms with Gasteiger partial charge >= 0.3 is 0 Å². The largest absolute Gasteiger partial charge is 0.338 e. The van der Waals surface area contributed by atoms with Crippen LogP contribution in [0, 0.1) is 0 Å². The van der Waals surface area contributed by atoms with E-state index in [0.717, 1.165) is 16.5 Å². The summed E-state index contributed by atoms with van der Waals surface area (Å²) in [5, 5.41) is 11.5. The van der Waals surface area contributed by atoms with Crippen molar-refractivity contribution < 1.29 is 9.32 Å². The average molecular weight is 321 g/mol. The Morgan fingerprint density at radius 2 is 2.04 bits per heavy atom. The molecule has 3 heterocycles. The molecule has 0 unspecified atom stereocenters. The number of hydrogen-bond acceptors (Lipinski definition) is 5. The maximum atomic E-state index is 12.3. The van der Waals surface area contributed by atoms with E-state index in [9.17, 15) is 4.79 Å². The van der Waals surface area contributed by atoms with Crippen molar-refractivity contribution in [3.8, 4) is 11.3 Å². The smallest absolute Gasteiger partial charge is 0.276 e. The van der Waals surface area contributed by atoms with Crippen LogP contribution >= 0.6 is 11.3 Å². The standard InChI is InChI=1S/C17H11N3O2S/c21-17(14-6-5-11-3-1-2-4-13(11)18-14)19-16-9-15(20-22-16)12-7-8-23-10-12/h1-10H,(H,19,21).